The summed E-state index contributed by atoms with van der Waals surface area (Å²) in [7, 11) is 1.48. The van der Waals surface area contributed by atoms with Crippen LogP contribution in [0.2, 0.25) is 0 Å². The second-order valence-electron chi connectivity index (χ2n) is 7.95. The van der Waals surface area contributed by atoms with Gasteiger partial charge in [-0.1, -0.05) is 66.7 Å². The molecular weight excluding hydrogens is 418 g/mol. The quantitative estimate of drug-likeness (QED) is 0.580. The smallest absolute Gasteiger partial charge is 0.329 e. The van der Waals surface area contributed by atoms with Gasteiger partial charge in [0.15, 0.2) is 11.5 Å². The first-order valence-electron chi connectivity index (χ1n) is 11.0. The number of nitrogens with zero attached hydrogens (tertiary/aromatic N) is 1. The van der Waals surface area contributed by atoms with Crippen LogP contribution in [0.1, 0.15) is 35.1 Å². The van der Waals surface area contributed by atoms with E-state index in [4.69, 9.17) is 9.47 Å². The number of carbonyl (C=O) groups is 2. The molecule has 4 rings (SSSR count). The molecule has 1 aliphatic heterocycles. The van der Waals surface area contributed by atoms with Crippen molar-refractivity contribution < 1.29 is 24.2 Å². The molecule has 33 heavy (non-hydrogen) atoms. The second-order valence-corrected chi connectivity index (χ2v) is 7.95. The van der Waals surface area contributed by atoms with Gasteiger partial charge >= 0.3 is 5.97 Å². The number of fused-ring (bicyclic) bond motifs is 1. The van der Waals surface area contributed by atoms with Crippen molar-refractivity contribution in [3.8, 4) is 11.5 Å². The average Bonchev–Trinajstić information content (AvgIpc) is 2.85. The van der Waals surface area contributed by atoms with E-state index < -0.39 is 17.9 Å². The summed E-state index contributed by atoms with van der Waals surface area (Å²) in [5, 5.41) is 10.7. The number of hydrogen-bond donors (Lipinski definition) is 1. The number of carbonyl (C=O) groups excluding carboxylic acids is 2. The van der Waals surface area contributed by atoms with Crippen molar-refractivity contribution in [2.45, 2.75) is 31.8 Å². The van der Waals surface area contributed by atoms with E-state index in [1.54, 1.807) is 17.9 Å². The Bertz CT molecular complexity index is 1090. The van der Waals surface area contributed by atoms with Crippen LogP contribution in [0.4, 0.5) is 0 Å². The van der Waals surface area contributed by atoms with E-state index in [9.17, 15) is 14.7 Å². The van der Waals surface area contributed by atoms with Crippen LogP contribution in [0.3, 0.4) is 0 Å². The van der Waals surface area contributed by atoms with Gasteiger partial charge in [0.2, 0.25) is 5.91 Å². The molecule has 1 heterocycles. The van der Waals surface area contributed by atoms with Crippen LogP contribution >= 0.6 is 0 Å². The molecule has 0 aromatic heterocycles. The summed E-state index contributed by atoms with van der Waals surface area (Å²) in [4.78, 5) is 28.6. The van der Waals surface area contributed by atoms with Crippen LogP contribution in [-0.2, 0) is 27.3 Å². The summed E-state index contributed by atoms with van der Waals surface area (Å²) in [5.74, 6) is -0.913. The normalized spacial score (nSPS) is 15.1. The lowest BCUT2D eigenvalue weighted by Gasteiger charge is -2.38. The van der Waals surface area contributed by atoms with E-state index in [0.29, 0.717) is 11.3 Å². The molecule has 0 fully saturated rings. The lowest BCUT2D eigenvalue weighted by atomic mass is 9.87. The lowest BCUT2D eigenvalue weighted by molar-refractivity contribution is -0.156. The summed E-state index contributed by atoms with van der Waals surface area (Å²) >= 11 is 0. The van der Waals surface area contributed by atoms with Crippen LogP contribution in [0, 0.1) is 0 Å². The van der Waals surface area contributed by atoms with Crippen LogP contribution in [0.25, 0.3) is 0 Å². The molecule has 0 saturated heterocycles. The third kappa shape index (κ3) is 4.42. The highest BCUT2D eigenvalue weighted by Crippen LogP contribution is 2.39. The third-order valence-corrected chi connectivity index (χ3v) is 6.03. The van der Waals surface area contributed by atoms with Crippen molar-refractivity contribution in [2.75, 3.05) is 13.7 Å². The van der Waals surface area contributed by atoms with Gasteiger partial charge in [0.05, 0.1) is 19.6 Å². The summed E-state index contributed by atoms with van der Waals surface area (Å²) in [5.41, 5.74) is 3.08. The molecule has 0 radical (unpaired) electrons. The topological polar surface area (TPSA) is 76.1 Å². The minimum atomic E-state index is -0.849. The molecule has 1 unspecified atom stereocenters. The molecule has 0 aliphatic carbocycles. The Hall–Kier alpha value is -3.80. The van der Waals surface area contributed by atoms with Crippen molar-refractivity contribution in [3.05, 3.63) is 95.1 Å². The number of phenols is 1. The molecule has 1 atom stereocenters. The molecule has 0 bridgehead atoms. The van der Waals surface area contributed by atoms with Gasteiger partial charge in [-0.25, -0.2) is 4.79 Å². The predicted octanol–water partition coefficient (Wildman–Crippen LogP) is 4.05. The summed E-state index contributed by atoms with van der Waals surface area (Å²) < 4.78 is 10.6. The first kappa shape index (κ1) is 22.4. The first-order chi connectivity index (χ1) is 16.0. The van der Waals surface area contributed by atoms with Gasteiger partial charge in [-0.15, -0.1) is 0 Å². The molecule has 0 saturated carbocycles. The summed E-state index contributed by atoms with van der Waals surface area (Å²) in [6, 6.07) is 21.7. The third-order valence-electron chi connectivity index (χ3n) is 6.03. The molecule has 1 aliphatic rings. The van der Waals surface area contributed by atoms with Crippen molar-refractivity contribution in [2.24, 2.45) is 0 Å². The predicted molar refractivity (Wildman–Crippen MR) is 124 cm³/mol. The van der Waals surface area contributed by atoms with Gasteiger partial charge in [0, 0.05) is 18.5 Å². The lowest BCUT2D eigenvalue weighted by Crippen LogP contribution is -2.51. The van der Waals surface area contributed by atoms with Crippen LogP contribution in [0.15, 0.2) is 72.8 Å². The van der Waals surface area contributed by atoms with E-state index >= 15 is 0 Å². The molecule has 3 aromatic rings. The second kappa shape index (κ2) is 9.77. The van der Waals surface area contributed by atoms with Gasteiger partial charge in [-0.2, -0.15) is 0 Å². The average molecular weight is 446 g/mol. The maximum absolute atomic E-state index is 14.1. The number of rotatable bonds is 6. The number of methoxy groups -OCH3 is 1. The van der Waals surface area contributed by atoms with Crippen molar-refractivity contribution >= 4 is 11.9 Å². The number of amides is 1. The highest BCUT2D eigenvalue weighted by molar-refractivity contribution is 5.92. The number of phenolic OH excluding ortho intramolecular Hbond substituents is 1. The molecule has 6 nitrogen and oxygen atoms in total. The van der Waals surface area contributed by atoms with E-state index in [1.165, 1.54) is 7.11 Å². The maximum atomic E-state index is 14.1. The number of esters is 1. The Balaban J connectivity index is 1.78. The fourth-order valence-corrected chi connectivity index (χ4v) is 4.41. The Kier molecular flexibility index (Phi) is 6.63. The molecule has 1 amide bonds. The Morgan fingerprint density at radius 3 is 2.15 bits per heavy atom. The molecular formula is C27H27NO5. The minimum absolute atomic E-state index is 0.000865. The maximum Gasteiger partial charge on any atom is 0.329 e. The number of hydrogen-bond acceptors (Lipinski definition) is 5. The van der Waals surface area contributed by atoms with Crippen molar-refractivity contribution in [1.82, 2.24) is 4.90 Å². The summed E-state index contributed by atoms with van der Waals surface area (Å²) in [6.07, 6.45) is 0.152. The van der Waals surface area contributed by atoms with Crippen LogP contribution in [0.5, 0.6) is 11.5 Å². The Morgan fingerprint density at radius 2 is 1.61 bits per heavy atom. The summed E-state index contributed by atoms with van der Waals surface area (Å²) in [6.45, 7) is 2.12. The molecule has 1 N–H and O–H groups in total. The minimum Gasteiger partial charge on any atom is -0.504 e. The van der Waals surface area contributed by atoms with Gasteiger partial charge < -0.3 is 19.5 Å². The van der Waals surface area contributed by atoms with E-state index in [-0.39, 0.29) is 31.2 Å². The van der Waals surface area contributed by atoms with E-state index in [0.717, 1.165) is 16.7 Å². The fourth-order valence-electron chi connectivity index (χ4n) is 4.41. The first-order valence-corrected chi connectivity index (χ1v) is 11.0. The standard InChI is InChI=1S/C27H27NO5/c1-3-33-27(31)22-16-21-20(14-15-23(32-2)25(21)29)17-28(22)26(30)24(18-10-6-4-7-11-18)19-12-8-5-9-13-19/h4-15,22,24,29H,3,16-17H2,1-2H3. The zero-order chi connectivity index (χ0) is 23.4. The number of aromatic hydroxyl groups is 1. The van der Waals surface area contributed by atoms with E-state index in [2.05, 4.69) is 0 Å². The fraction of sp³-hybridized carbons (Fsp3) is 0.259. The largest absolute Gasteiger partial charge is 0.504 e. The molecule has 0 spiro atoms. The monoisotopic (exact) mass is 445 g/mol. The van der Waals surface area contributed by atoms with Gasteiger partial charge in [-0.3, -0.25) is 4.79 Å². The van der Waals surface area contributed by atoms with Gasteiger partial charge in [0.25, 0.3) is 0 Å². The molecule has 3 aromatic carbocycles. The highest BCUT2D eigenvalue weighted by atomic mass is 16.5. The zero-order valence-corrected chi connectivity index (χ0v) is 18.7. The Labute approximate surface area is 193 Å². The van der Waals surface area contributed by atoms with Gasteiger partial charge in [0.1, 0.15) is 6.04 Å². The molecule has 170 valence electrons. The highest BCUT2D eigenvalue weighted by Gasteiger charge is 2.40. The van der Waals surface area contributed by atoms with Crippen molar-refractivity contribution in [3.63, 3.8) is 0 Å². The van der Waals surface area contributed by atoms with Crippen molar-refractivity contribution in [1.29, 1.82) is 0 Å². The number of benzene rings is 3. The van der Waals surface area contributed by atoms with Gasteiger partial charge in [-0.05, 0) is 29.7 Å². The zero-order valence-electron chi connectivity index (χ0n) is 18.7. The molecule has 6 heteroatoms. The van der Waals surface area contributed by atoms with Crippen LogP contribution < -0.4 is 4.74 Å². The Morgan fingerprint density at radius 1 is 1.00 bits per heavy atom. The van der Waals surface area contributed by atoms with Crippen LogP contribution in [-0.4, -0.2) is 41.6 Å². The number of ether oxygens (including phenoxy) is 2. The SMILES string of the molecule is CCOC(=O)C1Cc2c(ccc(OC)c2O)CN1C(=O)C(c1ccccc1)c1ccccc1. The van der Waals surface area contributed by atoms with E-state index in [1.807, 2.05) is 66.7 Å².